The van der Waals surface area contributed by atoms with Gasteiger partial charge in [0.15, 0.2) is 5.13 Å². The van der Waals surface area contributed by atoms with Crippen LogP contribution in [0.2, 0.25) is 0 Å². The van der Waals surface area contributed by atoms with E-state index in [0.717, 1.165) is 9.87 Å². The monoisotopic (exact) mass is 445 g/mol. The summed E-state index contributed by atoms with van der Waals surface area (Å²) in [5, 5.41) is 4.89. The van der Waals surface area contributed by atoms with Crippen molar-refractivity contribution in [2.45, 2.75) is 4.90 Å². The fourth-order valence-corrected chi connectivity index (χ4v) is 4.13. The molecule has 156 valence electrons. The van der Waals surface area contributed by atoms with Crippen molar-refractivity contribution in [2.24, 2.45) is 0 Å². The predicted octanol–water partition coefficient (Wildman–Crippen LogP) is 3.10. The normalized spacial score (nSPS) is 11.3. The standard InChI is InChI=1S/C20H19N3O5S2/c1-23(2)30(26,27)16-10-8-14(9-11-16)18(24)22-20-21-17(12-29-20)13-4-6-15(7-5-13)19(25)28-3/h4-12H,1-3H3,(H,21,22,24). The van der Waals surface area contributed by atoms with Crippen LogP contribution in [0.25, 0.3) is 11.3 Å². The summed E-state index contributed by atoms with van der Waals surface area (Å²) < 4.78 is 30.0. The molecule has 0 radical (unpaired) electrons. The second kappa shape index (κ2) is 8.74. The van der Waals surface area contributed by atoms with Crippen molar-refractivity contribution in [3.63, 3.8) is 0 Å². The number of hydrogen-bond donors (Lipinski definition) is 1. The van der Waals surface area contributed by atoms with Crippen molar-refractivity contribution in [2.75, 3.05) is 26.5 Å². The summed E-state index contributed by atoms with van der Waals surface area (Å²) in [5.74, 6) is -0.817. The van der Waals surface area contributed by atoms with E-state index in [2.05, 4.69) is 15.0 Å². The maximum atomic E-state index is 12.5. The smallest absolute Gasteiger partial charge is 0.337 e. The second-order valence-electron chi connectivity index (χ2n) is 6.37. The fourth-order valence-electron chi connectivity index (χ4n) is 2.52. The molecule has 0 saturated heterocycles. The van der Waals surface area contributed by atoms with Gasteiger partial charge in [0.25, 0.3) is 5.91 Å². The number of rotatable bonds is 6. The highest BCUT2D eigenvalue weighted by molar-refractivity contribution is 7.89. The van der Waals surface area contributed by atoms with E-state index in [9.17, 15) is 18.0 Å². The molecular formula is C20H19N3O5S2. The van der Waals surface area contributed by atoms with Gasteiger partial charge in [0.2, 0.25) is 10.0 Å². The predicted molar refractivity (Wildman–Crippen MR) is 114 cm³/mol. The van der Waals surface area contributed by atoms with Crippen LogP contribution in [0.3, 0.4) is 0 Å². The number of hydrogen-bond acceptors (Lipinski definition) is 7. The second-order valence-corrected chi connectivity index (χ2v) is 9.38. The molecule has 2 aromatic carbocycles. The van der Waals surface area contributed by atoms with Gasteiger partial charge < -0.3 is 4.74 Å². The van der Waals surface area contributed by atoms with Crippen LogP contribution >= 0.6 is 11.3 Å². The lowest BCUT2D eigenvalue weighted by molar-refractivity contribution is 0.0600. The van der Waals surface area contributed by atoms with Gasteiger partial charge in [-0.25, -0.2) is 22.5 Å². The van der Waals surface area contributed by atoms with Gasteiger partial charge in [-0.1, -0.05) is 12.1 Å². The Hall–Kier alpha value is -3.08. The molecule has 3 aromatic rings. The van der Waals surface area contributed by atoms with Crippen LogP contribution in [-0.4, -0.2) is 50.8 Å². The minimum atomic E-state index is -3.55. The van der Waals surface area contributed by atoms with Crippen molar-refractivity contribution in [1.82, 2.24) is 9.29 Å². The van der Waals surface area contributed by atoms with E-state index in [1.165, 1.54) is 56.8 Å². The lowest BCUT2D eigenvalue weighted by Gasteiger charge is -2.11. The van der Waals surface area contributed by atoms with Crippen LogP contribution in [0.1, 0.15) is 20.7 Å². The number of aromatic nitrogens is 1. The first-order chi connectivity index (χ1) is 14.2. The Morgan fingerprint density at radius 1 is 1.00 bits per heavy atom. The van der Waals surface area contributed by atoms with Crippen LogP contribution in [0.4, 0.5) is 5.13 Å². The Morgan fingerprint density at radius 3 is 2.17 bits per heavy atom. The third-order valence-corrected chi connectivity index (χ3v) is 6.81. The highest BCUT2D eigenvalue weighted by atomic mass is 32.2. The number of thiazole rings is 1. The summed E-state index contributed by atoms with van der Waals surface area (Å²) in [5.41, 5.74) is 2.19. The number of nitrogens with zero attached hydrogens (tertiary/aromatic N) is 2. The average molecular weight is 446 g/mol. The first-order valence-corrected chi connectivity index (χ1v) is 11.0. The summed E-state index contributed by atoms with van der Waals surface area (Å²) >= 11 is 1.26. The van der Waals surface area contributed by atoms with E-state index < -0.39 is 21.9 Å². The van der Waals surface area contributed by atoms with E-state index >= 15 is 0 Å². The summed E-state index contributed by atoms with van der Waals surface area (Å²) in [6, 6.07) is 12.5. The number of esters is 1. The van der Waals surface area contributed by atoms with Crippen molar-refractivity contribution in [3.8, 4) is 11.3 Å². The Labute approximate surface area is 178 Å². The lowest BCUT2D eigenvalue weighted by Crippen LogP contribution is -2.22. The number of anilines is 1. The van der Waals surface area contributed by atoms with E-state index in [4.69, 9.17) is 0 Å². The van der Waals surface area contributed by atoms with Crippen LogP contribution in [0, 0.1) is 0 Å². The van der Waals surface area contributed by atoms with Gasteiger partial charge in [-0.05, 0) is 36.4 Å². The van der Waals surface area contributed by atoms with E-state index in [-0.39, 0.29) is 4.90 Å². The van der Waals surface area contributed by atoms with Crippen LogP contribution in [0.15, 0.2) is 58.8 Å². The zero-order valence-electron chi connectivity index (χ0n) is 16.4. The number of ether oxygens (including phenoxy) is 1. The number of benzene rings is 2. The van der Waals surface area contributed by atoms with Crippen LogP contribution in [-0.2, 0) is 14.8 Å². The summed E-state index contributed by atoms with van der Waals surface area (Å²) in [6.07, 6.45) is 0. The molecule has 1 heterocycles. The van der Waals surface area contributed by atoms with Crippen molar-refractivity contribution >= 4 is 38.4 Å². The molecule has 0 aliphatic rings. The van der Waals surface area contributed by atoms with E-state index in [0.29, 0.717) is 22.0 Å². The Bertz CT molecular complexity index is 1170. The molecule has 1 aromatic heterocycles. The molecule has 0 spiro atoms. The number of carbonyl (C=O) groups is 2. The van der Waals surface area contributed by atoms with Crippen molar-refractivity contribution in [3.05, 3.63) is 65.0 Å². The molecule has 0 aliphatic carbocycles. The van der Waals surface area contributed by atoms with Gasteiger partial charge in [-0.15, -0.1) is 11.3 Å². The molecule has 0 aliphatic heterocycles. The molecule has 10 heteroatoms. The Kier molecular flexibility index (Phi) is 6.30. The molecular weight excluding hydrogens is 426 g/mol. The molecule has 1 amide bonds. The fraction of sp³-hybridized carbons (Fsp3) is 0.150. The van der Waals surface area contributed by atoms with E-state index in [1.54, 1.807) is 29.6 Å². The van der Waals surface area contributed by atoms with Gasteiger partial charge >= 0.3 is 5.97 Å². The van der Waals surface area contributed by atoms with Crippen LogP contribution in [0.5, 0.6) is 0 Å². The minimum absolute atomic E-state index is 0.107. The average Bonchev–Trinajstić information content (AvgIpc) is 3.21. The first kappa shape index (κ1) is 21.6. The third kappa shape index (κ3) is 4.56. The van der Waals surface area contributed by atoms with Gasteiger partial charge in [-0.3, -0.25) is 10.1 Å². The minimum Gasteiger partial charge on any atom is -0.465 e. The Balaban J connectivity index is 1.71. The highest BCUT2D eigenvalue weighted by Gasteiger charge is 2.18. The summed E-state index contributed by atoms with van der Waals surface area (Å²) in [4.78, 5) is 28.5. The zero-order valence-corrected chi connectivity index (χ0v) is 18.1. The van der Waals surface area contributed by atoms with E-state index in [1.807, 2.05) is 0 Å². The molecule has 8 nitrogen and oxygen atoms in total. The number of nitrogens with one attached hydrogen (secondary N) is 1. The van der Waals surface area contributed by atoms with Gasteiger partial charge in [0.1, 0.15) is 0 Å². The molecule has 0 bridgehead atoms. The molecule has 0 atom stereocenters. The number of methoxy groups -OCH3 is 1. The molecule has 3 rings (SSSR count). The maximum absolute atomic E-state index is 12.5. The maximum Gasteiger partial charge on any atom is 0.337 e. The molecule has 30 heavy (non-hydrogen) atoms. The van der Waals surface area contributed by atoms with Gasteiger partial charge in [-0.2, -0.15) is 0 Å². The summed E-state index contributed by atoms with van der Waals surface area (Å²) in [7, 11) is 0.653. The highest BCUT2D eigenvalue weighted by Crippen LogP contribution is 2.26. The molecule has 0 fully saturated rings. The first-order valence-electron chi connectivity index (χ1n) is 8.70. The van der Waals surface area contributed by atoms with Crippen LogP contribution < -0.4 is 5.32 Å². The largest absolute Gasteiger partial charge is 0.465 e. The van der Waals surface area contributed by atoms with Gasteiger partial charge in [0.05, 0.1) is 23.3 Å². The molecule has 0 unspecified atom stereocenters. The topological polar surface area (TPSA) is 106 Å². The quantitative estimate of drug-likeness (QED) is 0.585. The zero-order chi connectivity index (χ0) is 21.9. The number of carbonyl (C=O) groups excluding carboxylic acids is 2. The van der Waals surface area contributed by atoms with Crippen molar-refractivity contribution in [1.29, 1.82) is 0 Å². The van der Waals surface area contributed by atoms with Crippen molar-refractivity contribution < 1.29 is 22.7 Å². The third-order valence-electron chi connectivity index (χ3n) is 4.22. The summed E-state index contributed by atoms with van der Waals surface area (Å²) in [6.45, 7) is 0. The van der Waals surface area contributed by atoms with Gasteiger partial charge in [0, 0.05) is 30.6 Å². The molecule has 0 saturated carbocycles. The lowest BCUT2D eigenvalue weighted by atomic mass is 10.1. The SMILES string of the molecule is COC(=O)c1ccc(-c2csc(NC(=O)c3ccc(S(=O)(=O)N(C)C)cc3)n2)cc1. The molecule has 1 N–H and O–H groups in total. The number of amides is 1. The Morgan fingerprint density at radius 2 is 1.60 bits per heavy atom. The number of sulfonamides is 1.